The summed E-state index contributed by atoms with van der Waals surface area (Å²) in [7, 11) is 0. The van der Waals surface area contributed by atoms with Crippen molar-refractivity contribution in [3.63, 3.8) is 0 Å². The first-order valence-corrected chi connectivity index (χ1v) is 7.61. The molecule has 0 spiro atoms. The lowest BCUT2D eigenvalue weighted by Crippen LogP contribution is -2.13. The van der Waals surface area contributed by atoms with Gasteiger partial charge in [0, 0.05) is 5.25 Å². The fraction of sp³-hybridized carbons (Fsp3) is 0.417. The summed E-state index contributed by atoms with van der Waals surface area (Å²) < 4.78 is 0. The van der Waals surface area contributed by atoms with Gasteiger partial charge < -0.3 is 5.32 Å². The summed E-state index contributed by atoms with van der Waals surface area (Å²) in [6.07, 6.45) is 0. The SMILES string of the molecule is CC(C)C1CN=C(Nc2cc(Cl)c(Cl)cc2Cl)S1. The second kappa shape index (κ2) is 5.91. The van der Waals surface area contributed by atoms with Gasteiger partial charge in [0.05, 0.1) is 27.3 Å². The molecule has 1 aromatic carbocycles. The van der Waals surface area contributed by atoms with Gasteiger partial charge in [-0.15, -0.1) is 0 Å². The first-order chi connectivity index (χ1) is 8.47. The predicted octanol–water partition coefficient (Wildman–Crippen LogP) is 5.19. The molecule has 0 aliphatic carbocycles. The summed E-state index contributed by atoms with van der Waals surface area (Å²) in [6.45, 7) is 5.23. The number of rotatable bonds is 2. The fourth-order valence-electron chi connectivity index (χ4n) is 1.54. The van der Waals surface area contributed by atoms with Crippen molar-refractivity contribution in [3.8, 4) is 0 Å². The van der Waals surface area contributed by atoms with E-state index in [-0.39, 0.29) is 0 Å². The highest BCUT2D eigenvalue weighted by atomic mass is 35.5. The predicted molar refractivity (Wildman–Crippen MR) is 83.6 cm³/mol. The molecule has 0 fully saturated rings. The highest BCUT2D eigenvalue weighted by molar-refractivity contribution is 8.15. The fourth-order valence-corrected chi connectivity index (χ4v) is 3.16. The topological polar surface area (TPSA) is 24.4 Å². The molecule has 0 radical (unpaired) electrons. The van der Waals surface area contributed by atoms with Crippen LogP contribution in [0.5, 0.6) is 0 Å². The van der Waals surface area contributed by atoms with Crippen molar-refractivity contribution in [2.24, 2.45) is 10.9 Å². The molecule has 18 heavy (non-hydrogen) atoms. The van der Waals surface area contributed by atoms with Crippen LogP contribution in [0.1, 0.15) is 13.8 Å². The van der Waals surface area contributed by atoms with Gasteiger partial charge in [-0.25, -0.2) is 0 Å². The molecule has 98 valence electrons. The van der Waals surface area contributed by atoms with Gasteiger partial charge in [0.1, 0.15) is 0 Å². The van der Waals surface area contributed by atoms with Crippen molar-refractivity contribution in [1.29, 1.82) is 0 Å². The number of nitrogens with one attached hydrogen (secondary N) is 1. The Morgan fingerprint density at radius 3 is 2.50 bits per heavy atom. The molecule has 1 heterocycles. The number of anilines is 1. The Morgan fingerprint density at radius 2 is 1.89 bits per heavy atom. The van der Waals surface area contributed by atoms with E-state index in [9.17, 15) is 0 Å². The molecule has 0 saturated heterocycles. The smallest absolute Gasteiger partial charge is 0.161 e. The molecular weight excluding hydrogens is 311 g/mol. The number of hydrogen-bond acceptors (Lipinski definition) is 3. The minimum absolute atomic E-state index is 0.452. The maximum absolute atomic E-state index is 6.11. The van der Waals surface area contributed by atoms with Crippen LogP contribution in [0.4, 0.5) is 5.69 Å². The normalized spacial score (nSPS) is 19.2. The minimum Gasteiger partial charge on any atom is -0.334 e. The van der Waals surface area contributed by atoms with Crippen LogP contribution in [0.15, 0.2) is 17.1 Å². The van der Waals surface area contributed by atoms with Crippen molar-refractivity contribution in [1.82, 2.24) is 0 Å². The molecule has 1 aliphatic heterocycles. The van der Waals surface area contributed by atoms with Crippen LogP contribution >= 0.6 is 46.6 Å². The van der Waals surface area contributed by atoms with Gasteiger partial charge in [0.2, 0.25) is 0 Å². The largest absolute Gasteiger partial charge is 0.334 e. The Morgan fingerprint density at radius 1 is 1.22 bits per heavy atom. The van der Waals surface area contributed by atoms with Crippen LogP contribution in [0.3, 0.4) is 0 Å². The number of aliphatic imine (C=N–C) groups is 1. The van der Waals surface area contributed by atoms with Gasteiger partial charge in [-0.2, -0.15) is 0 Å². The lowest BCUT2D eigenvalue weighted by molar-refractivity contribution is 0.621. The Hall–Kier alpha value is -0.0900. The second-order valence-electron chi connectivity index (χ2n) is 4.42. The average molecular weight is 324 g/mol. The van der Waals surface area contributed by atoms with E-state index >= 15 is 0 Å². The minimum atomic E-state index is 0.452. The van der Waals surface area contributed by atoms with E-state index < -0.39 is 0 Å². The first-order valence-electron chi connectivity index (χ1n) is 5.60. The van der Waals surface area contributed by atoms with E-state index in [0.717, 1.165) is 17.4 Å². The van der Waals surface area contributed by atoms with Crippen molar-refractivity contribution >= 4 is 57.4 Å². The van der Waals surface area contributed by atoms with E-state index in [0.29, 0.717) is 26.2 Å². The first kappa shape index (κ1) is 14.3. The standard InChI is InChI=1S/C12H13Cl3N2S/c1-6(2)11-5-16-12(18-11)17-10-4-8(14)7(13)3-9(10)15/h3-4,6,11H,5H2,1-2H3,(H,16,17). The molecule has 1 atom stereocenters. The van der Waals surface area contributed by atoms with Crippen molar-refractivity contribution < 1.29 is 0 Å². The second-order valence-corrected chi connectivity index (χ2v) is 6.87. The molecule has 2 nitrogen and oxygen atoms in total. The molecule has 0 aromatic heterocycles. The quantitative estimate of drug-likeness (QED) is 0.758. The molecule has 0 saturated carbocycles. The summed E-state index contributed by atoms with van der Waals surface area (Å²) in [5, 5.41) is 6.08. The average Bonchev–Trinajstić information content (AvgIpc) is 2.74. The summed E-state index contributed by atoms with van der Waals surface area (Å²) in [5.74, 6) is 0.599. The van der Waals surface area contributed by atoms with E-state index in [1.54, 1.807) is 23.9 Å². The highest BCUT2D eigenvalue weighted by Crippen LogP contribution is 2.34. The maximum atomic E-state index is 6.11. The summed E-state index contributed by atoms with van der Waals surface area (Å²) in [5.41, 5.74) is 0.738. The summed E-state index contributed by atoms with van der Waals surface area (Å²) in [6, 6.07) is 3.35. The van der Waals surface area contributed by atoms with Gasteiger partial charge in [-0.3, -0.25) is 4.99 Å². The lowest BCUT2D eigenvalue weighted by atomic mass is 10.1. The Kier molecular flexibility index (Phi) is 4.70. The van der Waals surface area contributed by atoms with Gasteiger partial charge >= 0.3 is 0 Å². The molecule has 0 bridgehead atoms. The Bertz CT molecular complexity index is 488. The molecule has 6 heteroatoms. The third-order valence-electron chi connectivity index (χ3n) is 2.67. The zero-order chi connectivity index (χ0) is 13.3. The number of halogens is 3. The van der Waals surface area contributed by atoms with Crippen LogP contribution in [-0.2, 0) is 0 Å². The van der Waals surface area contributed by atoms with Crippen LogP contribution in [0.25, 0.3) is 0 Å². The number of benzene rings is 1. The van der Waals surface area contributed by atoms with E-state index in [1.807, 2.05) is 0 Å². The monoisotopic (exact) mass is 322 g/mol. The van der Waals surface area contributed by atoms with Crippen molar-refractivity contribution in [3.05, 3.63) is 27.2 Å². The van der Waals surface area contributed by atoms with Crippen LogP contribution in [0.2, 0.25) is 15.1 Å². The van der Waals surface area contributed by atoms with E-state index in [2.05, 4.69) is 24.2 Å². The van der Waals surface area contributed by atoms with Crippen LogP contribution < -0.4 is 5.32 Å². The number of thioether (sulfide) groups is 1. The molecule has 1 aromatic rings. The molecule has 1 aliphatic rings. The number of amidine groups is 1. The Labute approximate surface area is 126 Å². The zero-order valence-electron chi connectivity index (χ0n) is 10.0. The van der Waals surface area contributed by atoms with E-state index in [1.165, 1.54) is 0 Å². The number of nitrogens with zero attached hydrogens (tertiary/aromatic N) is 1. The Balaban J connectivity index is 2.09. The summed E-state index contributed by atoms with van der Waals surface area (Å²) in [4.78, 5) is 4.46. The summed E-state index contributed by atoms with van der Waals surface area (Å²) >= 11 is 19.7. The van der Waals surface area contributed by atoms with Crippen molar-refractivity contribution in [2.75, 3.05) is 11.9 Å². The number of hydrogen-bond donors (Lipinski definition) is 1. The van der Waals surface area contributed by atoms with Crippen LogP contribution in [-0.4, -0.2) is 17.0 Å². The van der Waals surface area contributed by atoms with Gasteiger partial charge in [0.15, 0.2) is 5.17 Å². The van der Waals surface area contributed by atoms with Gasteiger partial charge in [-0.1, -0.05) is 60.4 Å². The molecular formula is C12H13Cl3N2S. The lowest BCUT2D eigenvalue weighted by Gasteiger charge is -2.13. The zero-order valence-corrected chi connectivity index (χ0v) is 13.1. The molecule has 0 amide bonds. The maximum Gasteiger partial charge on any atom is 0.161 e. The van der Waals surface area contributed by atoms with E-state index in [4.69, 9.17) is 34.8 Å². The molecule has 1 N–H and O–H groups in total. The molecule has 2 rings (SSSR count). The van der Waals surface area contributed by atoms with Gasteiger partial charge in [-0.05, 0) is 18.1 Å². The third kappa shape index (κ3) is 3.27. The molecule has 1 unspecified atom stereocenters. The highest BCUT2D eigenvalue weighted by Gasteiger charge is 2.23. The third-order valence-corrected chi connectivity index (χ3v) is 5.16. The van der Waals surface area contributed by atoms with Crippen LogP contribution in [0, 0.1) is 5.92 Å². The van der Waals surface area contributed by atoms with Crippen molar-refractivity contribution in [2.45, 2.75) is 19.1 Å². The van der Waals surface area contributed by atoms with Gasteiger partial charge in [0.25, 0.3) is 0 Å².